The lowest BCUT2D eigenvalue weighted by molar-refractivity contribution is 0.137. The summed E-state index contributed by atoms with van der Waals surface area (Å²) in [7, 11) is 0. The monoisotopic (exact) mass is 212 g/mol. The first-order valence-corrected chi connectivity index (χ1v) is 6.40. The van der Waals surface area contributed by atoms with Crippen molar-refractivity contribution in [3.8, 4) is 0 Å². The molecule has 0 aromatic rings. The van der Waals surface area contributed by atoms with Crippen molar-refractivity contribution in [2.24, 2.45) is 11.8 Å². The van der Waals surface area contributed by atoms with Crippen LogP contribution in [0, 0.1) is 11.8 Å². The molecule has 0 spiro atoms. The van der Waals surface area contributed by atoms with E-state index in [-0.39, 0.29) is 6.10 Å². The van der Waals surface area contributed by atoms with E-state index in [1.54, 1.807) is 0 Å². The van der Waals surface area contributed by atoms with Gasteiger partial charge in [0, 0.05) is 19.6 Å². The predicted octanol–water partition coefficient (Wildman–Crippen LogP) is 0.689. The van der Waals surface area contributed by atoms with Gasteiger partial charge >= 0.3 is 0 Å². The Kier molecular flexibility index (Phi) is 4.00. The van der Waals surface area contributed by atoms with Crippen molar-refractivity contribution in [3.63, 3.8) is 0 Å². The molecule has 0 aliphatic carbocycles. The Morgan fingerprint density at radius 1 is 1.40 bits per heavy atom. The normalized spacial score (nSPS) is 38.4. The van der Waals surface area contributed by atoms with E-state index >= 15 is 0 Å². The first-order chi connectivity index (χ1) is 7.29. The van der Waals surface area contributed by atoms with Gasteiger partial charge in [-0.05, 0) is 44.2 Å². The van der Waals surface area contributed by atoms with Gasteiger partial charge in [0.1, 0.15) is 0 Å². The topological polar surface area (TPSA) is 35.5 Å². The van der Waals surface area contributed by atoms with Crippen molar-refractivity contribution >= 4 is 0 Å². The van der Waals surface area contributed by atoms with E-state index < -0.39 is 0 Å². The van der Waals surface area contributed by atoms with Crippen LogP contribution in [0.15, 0.2) is 0 Å². The molecule has 3 atom stereocenters. The van der Waals surface area contributed by atoms with E-state index in [0.717, 1.165) is 25.4 Å². The lowest BCUT2D eigenvalue weighted by Gasteiger charge is -2.27. The molecule has 15 heavy (non-hydrogen) atoms. The maximum absolute atomic E-state index is 9.83. The third-order valence-corrected chi connectivity index (χ3v) is 3.92. The number of aliphatic hydroxyl groups excluding tert-OH is 1. The number of likely N-dealkylation sites (tertiary alicyclic amines) is 1. The second-order valence-corrected chi connectivity index (χ2v) is 5.17. The van der Waals surface area contributed by atoms with Crippen molar-refractivity contribution in [1.82, 2.24) is 10.2 Å². The van der Waals surface area contributed by atoms with Crippen LogP contribution in [0.4, 0.5) is 0 Å². The number of rotatable bonds is 3. The molecule has 0 amide bonds. The maximum Gasteiger partial charge on any atom is 0.0707 e. The van der Waals surface area contributed by atoms with Crippen molar-refractivity contribution in [3.05, 3.63) is 0 Å². The second-order valence-electron chi connectivity index (χ2n) is 5.17. The van der Waals surface area contributed by atoms with Crippen LogP contribution in [0.1, 0.15) is 26.2 Å². The molecule has 2 N–H and O–H groups in total. The van der Waals surface area contributed by atoms with E-state index in [2.05, 4.69) is 17.1 Å². The van der Waals surface area contributed by atoms with Gasteiger partial charge in [0.05, 0.1) is 6.10 Å². The molecule has 3 heteroatoms. The van der Waals surface area contributed by atoms with Gasteiger partial charge < -0.3 is 15.3 Å². The zero-order valence-corrected chi connectivity index (χ0v) is 9.78. The number of aliphatic hydroxyl groups is 1. The summed E-state index contributed by atoms with van der Waals surface area (Å²) in [5.41, 5.74) is 0. The predicted molar refractivity (Wildman–Crippen MR) is 61.8 cm³/mol. The fourth-order valence-corrected chi connectivity index (χ4v) is 2.94. The highest BCUT2D eigenvalue weighted by molar-refractivity contribution is 4.84. The molecule has 3 unspecified atom stereocenters. The zero-order chi connectivity index (χ0) is 10.7. The Morgan fingerprint density at radius 2 is 2.27 bits per heavy atom. The number of hydrogen-bond donors (Lipinski definition) is 2. The summed E-state index contributed by atoms with van der Waals surface area (Å²) in [4.78, 5) is 2.45. The summed E-state index contributed by atoms with van der Waals surface area (Å²) in [6.07, 6.45) is 3.71. The third-order valence-electron chi connectivity index (χ3n) is 3.92. The van der Waals surface area contributed by atoms with E-state index in [4.69, 9.17) is 0 Å². The van der Waals surface area contributed by atoms with Crippen LogP contribution in [0.3, 0.4) is 0 Å². The Hall–Kier alpha value is -0.120. The summed E-state index contributed by atoms with van der Waals surface area (Å²) in [5, 5.41) is 13.3. The van der Waals surface area contributed by atoms with Crippen molar-refractivity contribution in [2.75, 3.05) is 32.7 Å². The second kappa shape index (κ2) is 5.28. The standard InChI is InChI=1S/C12H24N2O/c1-2-11-8-14(9-12(11)15)7-10-4-3-5-13-6-10/h10-13,15H,2-9H2,1H3. The number of hydrogen-bond acceptors (Lipinski definition) is 3. The largest absolute Gasteiger partial charge is 0.391 e. The SMILES string of the molecule is CCC1CN(CC2CCCNC2)CC1O. The average Bonchev–Trinajstić information content (AvgIpc) is 2.60. The summed E-state index contributed by atoms with van der Waals surface area (Å²) in [5.74, 6) is 1.32. The highest BCUT2D eigenvalue weighted by Gasteiger charge is 2.31. The van der Waals surface area contributed by atoms with Gasteiger partial charge in [-0.15, -0.1) is 0 Å². The first-order valence-electron chi connectivity index (χ1n) is 6.40. The molecular formula is C12H24N2O. The van der Waals surface area contributed by atoms with Gasteiger partial charge in [0.15, 0.2) is 0 Å². The van der Waals surface area contributed by atoms with Gasteiger partial charge in [-0.1, -0.05) is 6.92 Å². The molecule has 0 radical (unpaired) electrons. The Balaban J connectivity index is 1.75. The van der Waals surface area contributed by atoms with Crippen molar-refractivity contribution in [2.45, 2.75) is 32.3 Å². The van der Waals surface area contributed by atoms with Crippen LogP contribution in [-0.2, 0) is 0 Å². The van der Waals surface area contributed by atoms with Crippen LogP contribution < -0.4 is 5.32 Å². The molecular weight excluding hydrogens is 188 g/mol. The van der Waals surface area contributed by atoms with Crippen LogP contribution in [-0.4, -0.2) is 48.8 Å². The quantitative estimate of drug-likeness (QED) is 0.722. The highest BCUT2D eigenvalue weighted by atomic mass is 16.3. The number of nitrogens with zero attached hydrogens (tertiary/aromatic N) is 1. The molecule has 2 saturated heterocycles. The summed E-state index contributed by atoms with van der Waals surface area (Å²) in [6.45, 7) is 7.73. The number of piperidine rings is 1. The van der Waals surface area contributed by atoms with Crippen molar-refractivity contribution in [1.29, 1.82) is 0 Å². The van der Waals surface area contributed by atoms with Gasteiger partial charge in [-0.25, -0.2) is 0 Å². The zero-order valence-electron chi connectivity index (χ0n) is 9.78. The maximum atomic E-state index is 9.83. The molecule has 2 aliphatic rings. The van der Waals surface area contributed by atoms with Crippen LogP contribution in [0.5, 0.6) is 0 Å². The Morgan fingerprint density at radius 3 is 2.87 bits per heavy atom. The number of β-amino-alcohol motifs (C(OH)–C–C–N with tert-alkyl or cyclic N) is 1. The molecule has 3 nitrogen and oxygen atoms in total. The lowest BCUT2D eigenvalue weighted by Crippen LogP contribution is -2.37. The van der Waals surface area contributed by atoms with E-state index in [1.807, 2.05) is 0 Å². The third kappa shape index (κ3) is 2.92. The summed E-state index contributed by atoms with van der Waals surface area (Å²) >= 11 is 0. The number of nitrogens with one attached hydrogen (secondary N) is 1. The fourth-order valence-electron chi connectivity index (χ4n) is 2.94. The minimum Gasteiger partial charge on any atom is -0.391 e. The molecule has 88 valence electrons. The van der Waals surface area contributed by atoms with E-state index in [0.29, 0.717) is 5.92 Å². The molecule has 2 aliphatic heterocycles. The average molecular weight is 212 g/mol. The summed E-state index contributed by atoms with van der Waals surface area (Å²) in [6, 6.07) is 0. The van der Waals surface area contributed by atoms with Gasteiger partial charge in [0.2, 0.25) is 0 Å². The van der Waals surface area contributed by atoms with E-state index in [1.165, 1.54) is 32.5 Å². The Labute approximate surface area is 92.8 Å². The van der Waals surface area contributed by atoms with Crippen LogP contribution in [0.25, 0.3) is 0 Å². The Bertz CT molecular complexity index is 192. The van der Waals surface area contributed by atoms with E-state index in [9.17, 15) is 5.11 Å². The van der Waals surface area contributed by atoms with Crippen LogP contribution >= 0.6 is 0 Å². The van der Waals surface area contributed by atoms with Crippen molar-refractivity contribution < 1.29 is 5.11 Å². The molecule has 0 saturated carbocycles. The first kappa shape index (κ1) is 11.4. The molecule has 0 bridgehead atoms. The highest BCUT2D eigenvalue weighted by Crippen LogP contribution is 2.22. The smallest absolute Gasteiger partial charge is 0.0707 e. The van der Waals surface area contributed by atoms with Gasteiger partial charge in [0.25, 0.3) is 0 Å². The van der Waals surface area contributed by atoms with Gasteiger partial charge in [-0.2, -0.15) is 0 Å². The molecule has 0 aromatic carbocycles. The fraction of sp³-hybridized carbons (Fsp3) is 1.00. The van der Waals surface area contributed by atoms with Gasteiger partial charge in [-0.3, -0.25) is 0 Å². The van der Waals surface area contributed by atoms with Crippen LogP contribution in [0.2, 0.25) is 0 Å². The lowest BCUT2D eigenvalue weighted by atomic mass is 9.99. The molecule has 0 aromatic heterocycles. The minimum absolute atomic E-state index is 0.0773. The molecule has 2 fully saturated rings. The molecule has 2 rings (SSSR count). The minimum atomic E-state index is -0.0773. The summed E-state index contributed by atoms with van der Waals surface area (Å²) < 4.78 is 0. The molecule has 2 heterocycles.